The summed E-state index contributed by atoms with van der Waals surface area (Å²) in [5.41, 5.74) is 2.38. The van der Waals surface area contributed by atoms with Crippen LogP contribution < -0.4 is 16.1 Å². The molecule has 0 aromatic heterocycles. The predicted molar refractivity (Wildman–Crippen MR) is 101 cm³/mol. The highest BCUT2D eigenvalue weighted by molar-refractivity contribution is 6.07. The number of aryl methyl sites for hydroxylation is 1. The molecule has 0 unspecified atom stereocenters. The number of amides is 4. The van der Waals surface area contributed by atoms with Crippen LogP contribution in [-0.4, -0.2) is 41.0 Å². The van der Waals surface area contributed by atoms with E-state index in [-0.39, 0.29) is 18.5 Å². The Labute approximate surface area is 164 Å². The van der Waals surface area contributed by atoms with Crippen LogP contribution in [0.15, 0.2) is 30.3 Å². The lowest BCUT2D eigenvalue weighted by molar-refractivity contribution is -0.138. The Morgan fingerprint density at radius 3 is 2.79 bits per heavy atom. The summed E-state index contributed by atoms with van der Waals surface area (Å²) < 4.78 is 0. The minimum absolute atomic E-state index is 0.0324. The maximum atomic E-state index is 12.7. The first-order valence-electron chi connectivity index (χ1n) is 9.56. The Balaban J connectivity index is 1.52. The predicted octanol–water partition coefficient (Wildman–Crippen LogP) is 1.24. The second-order valence-electron chi connectivity index (χ2n) is 7.58. The van der Waals surface area contributed by atoms with Crippen LogP contribution in [0.2, 0.25) is 0 Å². The third-order valence-corrected chi connectivity index (χ3v) is 5.46. The maximum Gasteiger partial charge on any atom is 0.344 e. The highest BCUT2D eigenvalue weighted by atomic mass is 16.2. The first-order chi connectivity index (χ1) is 13.4. The lowest BCUT2D eigenvalue weighted by atomic mass is 9.93. The van der Waals surface area contributed by atoms with Crippen molar-refractivity contribution in [2.75, 3.05) is 6.54 Å². The Morgan fingerprint density at radius 1 is 1.32 bits per heavy atom. The van der Waals surface area contributed by atoms with Gasteiger partial charge in [0.25, 0.3) is 11.8 Å². The third kappa shape index (κ3) is 4.31. The molecule has 2 fully saturated rings. The molecule has 0 spiro atoms. The number of benzene rings is 1. The Bertz CT molecular complexity index is 791. The molecule has 2 aliphatic rings. The van der Waals surface area contributed by atoms with Crippen molar-refractivity contribution in [1.29, 1.82) is 5.26 Å². The first kappa shape index (κ1) is 19.8. The monoisotopic (exact) mass is 383 g/mol. The van der Waals surface area contributed by atoms with Crippen molar-refractivity contribution in [2.45, 2.75) is 50.6 Å². The zero-order valence-corrected chi connectivity index (χ0v) is 15.9. The summed E-state index contributed by atoms with van der Waals surface area (Å²) in [6.45, 7) is 1.61. The molecule has 3 rings (SSSR count). The lowest BCUT2D eigenvalue weighted by Crippen LogP contribution is -2.51. The van der Waals surface area contributed by atoms with E-state index in [0.717, 1.165) is 29.8 Å². The minimum atomic E-state index is -1.06. The van der Waals surface area contributed by atoms with Crippen LogP contribution in [0.4, 0.5) is 4.79 Å². The van der Waals surface area contributed by atoms with Gasteiger partial charge in [0.05, 0.1) is 18.5 Å². The fraction of sp³-hybridized carbons (Fsp3) is 0.500. The van der Waals surface area contributed by atoms with Crippen molar-refractivity contribution < 1.29 is 14.4 Å². The number of hydrogen-bond donors (Lipinski definition) is 3. The van der Waals surface area contributed by atoms with Crippen molar-refractivity contribution in [3.05, 3.63) is 35.9 Å². The Hall–Kier alpha value is -2.92. The highest BCUT2D eigenvalue weighted by Crippen LogP contribution is 2.25. The molecule has 28 heavy (non-hydrogen) atoms. The van der Waals surface area contributed by atoms with Crippen LogP contribution in [0.1, 0.15) is 38.2 Å². The SMILES string of the molecule is C[C@]1(CCc2ccccc2)NC(=O)N(NC(=O)CN[C@H]2CCC[C@H]2C#N)C1=O. The van der Waals surface area contributed by atoms with E-state index in [0.29, 0.717) is 12.8 Å². The summed E-state index contributed by atoms with van der Waals surface area (Å²) in [5.74, 6) is -1.07. The average molecular weight is 383 g/mol. The van der Waals surface area contributed by atoms with E-state index in [1.54, 1.807) is 6.92 Å². The molecule has 1 aromatic carbocycles. The van der Waals surface area contributed by atoms with E-state index in [2.05, 4.69) is 22.1 Å². The van der Waals surface area contributed by atoms with Crippen molar-refractivity contribution in [3.8, 4) is 6.07 Å². The lowest BCUT2D eigenvalue weighted by Gasteiger charge is -2.22. The standard InChI is InChI=1S/C20H25N5O3/c1-20(11-10-14-6-3-2-4-7-14)18(27)25(19(28)23-20)24-17(26)13-22-16-9-5-8-15(16)12-21/h2-4,6-7,15-16,22H,5,8-11,13H2,1H3,(H,23,28)(H,24,26)/t15-,16-,20+/m0/s1. The number of rotatable bonds is 7. The van der Waals surface area contributed by atoms with Gasteiger partial charge in [-0.3, -0.25) is 15.0 Å². The van der Waals surface area contributed by atoms with Gasteiger partial charge in [0.1, 0.15) is 5.54 Å². The van der Waals surface area contributed by atoms with E-state index in [4.69, 9.17) is 5.26 Å². The van der Waals surface area contributed by atoms with Gasteiger partial charge in [0.2, 0.25) is 0 Å². The Kier molecular flexibility index (Phi) is 5.95. The summed E-state index contributed by atoms with van der Waals surface area (Å²) in [4.78, 5) is 37.1. The van der Waals surface area contributed by atoms with Crippen LogP contribution >= 0.6 is 0 Å². The van der Waals surface area contributed by atoms with E-state index >= 15 is 0 Å². The number of nitriles is 1. The quantitative estimate of drug-likeness (QED) is 0.613. The molecule has 8 heteroatoms. The molecule has 1 heterocycles. The number of imide groups is 1. The molecule has 1 saturated heterocycles. The zero-order chi connectivity index (χ0) is 20.1. The summed E-state index contributed by atoms with van der Waals surface area (Å²) in [5, 5.41) is 15.6. The van der Waals surface area contributed by atoms with Gasteiger partial charge in [-0.15, -0.1) is 0 Å². The van der Waals surface area contributed by atoms with Gasteiger partial charge >= 0.3 is 6.03 Å². The number of hydrogen-bond acceptors (Lipinski definition) is 5. The van der Waals surface area contributed by atoms with E-state index in [1.807, 2.05) is 30.3 Å². The molecule has 8 nitrogen and oxygen atoms in total. The normalized spacial score (nSPS) is 26.8. The van der Waals surface area contributed by atoms with Gasteiger partial charge in [-0.25, -0.2) is 4.79 Å². The van der Waals surface area contributed by atoms with Gasteiger partial charge in [0, 0.05) is 6.04 Å². The molecule has 1 aliphatic carbocycles. The van der Waals surface area contributed by atoms with Crippen LogP contribution in [0, 0.1) is 17.2 Å². The minimum Gasteiger partial charge on any atom is -0.322 e. The fourth-order valence-corrected chi connectivity index (χ4v) is 3.74. The topological polar surface area (TPSA) is 114 Å². The van der Waals surface area contributed by atoms with E-state index < -0.39 is 23.4 Å². The number of carbonyl (C=O) groups excluding carboxylic acids is 3. The smallest absolute Gasteiger partial charge is 0.322 e. The largest absolute Gasteiger partial charge is 0.344 e. The van der Waals surface area contributed by atoms with E-state index in [9.17, 15) is 14.4 Å². The average Bonchev–Trinajstić information content (AvgIpc) is 3.24. The maximum absolute atomic E-state index is 12.7. The van der Waals surface area contributed by atoms with Crippen LogP contribution in [0.5, 0.6) is 0 Å². The van der Waals surface area contributed by atoms with Crippen molar-refractivity contribution in [2.24, 2.45) is 5.92 Å². The fourth-order valence-electron chi connectivity index (χ4n) is 3.74. The highest BCUT2D eigenvalue weighted by Gasteiger charge is 2.48. The Morgan fingerprint density at radius 2 is 2.07 bits per heavy atom. The van der Waals surface area contributed by atoms with Crippen LogP contribution in [-0.2, 0) is 16.0 Å². The summed E-state index contributed by atoms with van der Waals surface area (Å²) in [7, 11) is 0. The van der Waals surface area contributed by atoms with Gasteiger partial charge in [0.15, 0.2) is 0 Å². The third-order valence-electron chi connectivity index (χ3n) is 5.46. The van der Waals surface area contributed by atoms with Gasteiger partial charge in [-0.2, -0.15) is 10.3 Å². The number of hydrazine groups is 1. The molecule has 3 N–H and O–H groups in total. The number of carbonyl (C=O) groups is 3. The molecule has 0 bridgehead atoms. The summed E-state index contributed by atoms with van der Waals surface area (Å²) in [6.07, 6.45) is 3.67. The molecule has 3 atom stereocenters. The molecule has 148 valence electrons. The first-order valence-corrected chi connectivity index (χ1v) is 9.56. The molecular formula is C20H25N5O3. The number of urea groups is 1. The van der Waals surface area contributed by atoms with Crippen LogP contribution in [0.25, 0.3) is 0 Å². The van der Waals surface area contributed by atoms with Gasteiger partial charge < -0.3 is 10.6 Å². The molecule has 1 saturated carbocycles. The van der Waals surface area contributed by atoms with Gasteiger partial charge in [-0.05, 0) is 38.2 Å². The molecule has 4 amide bonds. The summed E-state index contributed by atoms with van der Waals surface area (Å²) >= 11 is 0. The second-order valence-corrected chi connectivity index (χ2v) is 7.58. The van der Waals surface area contributed by atoms with Crippen molar-refractivity contribution in [1.82, 2.24) is 21.1 Å². The molecule has 1 aromatic rings. The van der Waals surface area contributed by atoms with E-state index in [1.165, 1.54) is 0 Å². The number of nitrogens with one attached hydrogen (secondary N) is 3. The van der Waals surface area contributed by atoms with Crippen molar-refractivity contribution >= 4 is 17.8 Å². The molecular weight excluding hydrogens is 358 g/mol. The second kappa shape index (κ2) is 8.40. The van der Waals surface area contributed by atoms with Crippen molar-refractivity contribution in [3.63, 3.8) is 0 Å². The van der Waals surface area contributed by atoms with Gasteiger partial charge in [-0.1, -0.05) is 36.8 Å². The van der Waals surface area contributed by atoms with Crippen LogP contribution in [0.3, 0.4) is 0 Å². The summed E-state index contributed by atoms with van der Waals surface area (Å²) in [6, 6.07) is 11.3. The zero-order valence-electron chi connectivity index (χ0n) is 15.9. The number of nitrogens with zero attached hydrogens (tertiary/aromatic N) is 2. The molecule has 1 aliphatic heterocycles. The molecule has 0 radical (unpaired) electrons.